The summed E-state index contributed by atoms with van der Waals surface area (Å²) in [6, 6.07) is 13.3. The molecule has 0 aliphatic carbocycles. The molecule has 2 aromatic carbocycles. The molecule has 0 saturated heterocycles. The Labute approximate surface area is 108 Å². The Morgan fingerprint density at radius 2 is 1.78 bits per heavy atom. The normalized spacial score (nSPS) is 10.4. The fourth-order valence-electron chi connectivity index (χ4n) is 1.91. The Bertz CT molecular complexity index is 517. The molecule has 0 aromatic heterocycles. The molecule has 2 aromatic rings. The maximum Gasteiger partial charge on any atom is 0.123 e. The monoisotopic (exact) mass is 243 g/mol. The molecule has 1 nitrogen and oxygen atoms in total. The van der Waals surface area contributed by atoms with E-state index in [1.165, 1.54) is 11.6 Å². The lowest BCUT2D eigenvalue weighted by Gasteiger charge is -2.09. The van der Waals surface area contributed by atoms with E-state index in [-0.39, 0.29) is 5.82 Å². The predicted molar refractivity (Wildman–Crippen MR) is 74.3 cm³/mol. The first-order chi connectivity index (χ1) is 8.69. The minimum atomic E-state index is -0.177. The molecule has 0 heterocycles. The lowest BCUT2D eigenvalue weighted by Crippen LogP contribution is -2.01. The third kappa shape index (κ3) is 3.10. The van der Waals surface area contributed by atoms with Crippen LogP contribution < -0.4 is 5.32 Å². The van der Waals surface area contributed by atoms with Crippen LogP contribution in [0.1, 0.15) is 23.6 Å². The van der Waals surface area contributed by atoms with Gasteiger partial charge in [-0.25, -0.2) is 4.39 Å². The lowest BCUT2D eigenvalue weighted by atomic mass is 10.1. The number of halogens is 1. The Balaban J connectivity index is 2.02. The molecular weight excluding hydrogens is 225 g/mol. The number of benzene rings is 2. The maximum atomic E-state index is 13.0. The molecule has 0 amide bonds. The van der Waals surface area contributed by atoms with Gasteiger partial charge in [-0.3, -0.25) is 0 Å². The molecule has 0 radical (unpaired) electrons. The van der Waals surface area contributed by atoms with Crippen LogP contribution in [0.25, 0.3) is 0 Å². The van der Waals surface area contributed by atoms with Crippen molar-refractivity contribution < 1.29 is 4.39 Å². The van der Waals surface area contributed by atoms with Crippen molar-refractivity contribution >= 4 is 5.69 Å². The average molecular weight is 243 g/mol. The topological polar surface area (TPSA) is 12.0 Å². The highest BCUT2D eigenvalue weighted by molar-refractivity contribution is 5.45. The maximum absolute atomic E-state index is 13.0. The number of hydrogen-bond donors (Lipinski definition) is 1. The second-order valence-corrected chi connectivity index (χ2v) is 4.47. The Morgan fingerprint density at radius 3 is 2.39 bits per heavy atom. The van der Waals surface area contributed by atoms with Gasteiger partial charge in [0.2, 0.25) is 0 Å². The molecule has 0 atom stereocenters. The van der Waals surface area contributed by atoms with E-state index >= 15 is 0 Å². The van der Waals surface area contributed by atoms with Gasteiger partial charge in [0.1, 0.15) is 5.82 Å². The Morgan fingerprint density at radius 1 is 1.06 bits per heavy atom. The van der Waals surface area contributed by atoms with Gasteiger partial charge in [0.25, 0.3) is 0 Å². The number of aryl methyl sites for hydroxylation is 2. The zero-order chi connectivity index (χ0) is 13.0. The van der Waals surface area contributed by atoms with Crippen molar-refractivity contribution in [2.24, 2.45) is 0 Å². The molecule has 0 unspecified atom stereocenters. The van der Waals surface area contributed by atoms with E-state index in [9.17, 15) is 4.39 Å². The molecule has 0 aliphatic rings. The molecule has 0 aliphatic heterocycles. The smallest absolute Gasteiger partial charge is 0.123 e. The summed E-state index contributed by atoms with van der Waals surface area (Å²) in [6.07, 6.45) is 1.05. The lowest BCUT2D eigenvalue weighted by molar-refractivity contribution is 0.625. The molecule has 0 spiro atoms. The quantitative estimate of drug-likeness (QED) is 0.843. The minimum Gasteiger partial charge on any atom is -0.381 e. The first-order valence-electron chi connectivity index (χ1n) is 6.27. The Kier molecular flexibility index (Phi) is 3.98. The summed E-state index contributed by atoms with van der Waals surface area (Å²) in [5.74, 6) is -0.177. The van der Waals surface area contributed by atoms with Crippen LogP contribution in [-0.4, -0.2) is 0 Å². The van der Waals surface area contributed by atoms with E-state index in [0.717, 1.165) is 29.8 Å². The first kappa shape index (κ1) is 12.6. The van der Waals surface area contributed by atoms with Crippen molar-refractivity contribution in [3.63, 3.8) is 0 Å². The second kappa shape index (κ2) is 5.67. The number of anilines is 1. The van der Waals surface area contributed by atoms with Gasteiger partial charge in [0.15, 0.2) is 0 Å². The highest BCUT2D eigenvalue weighted by Crippen LogP contribution is 2.14. The summed E-state index contributed by atoms with van der Waals surface area (Å²) in [7, 11) is 0. The van der Waals surface area contributed by atoms with Gasteiger partial charge in [-0.2, -0.15) is 0 Å². The first-order valence-corrected chi connectivity index (χ1v) is 6.27. The zero-order valence-electron chi connectivity index (χ0n) is 10.8. The summed E-state index contributed by atoms with van der Waals surface area (Å²) in [4.78, 5) is 0. The van der Waals surface area contributed by atoms with Gasteiger partial charge in [-0.1, -0.05) is 25.1 Å². The molecule has 18 heavy (non-hydrogen) atoms. The fourth-order valence-corrected chi connectivity index (χ4v) is 1.91. The van der Waals surface area contributed by atoms with Gasteiger partial charge in [-0.15, -0.1) is 0 Å². The molecule has 0 saturated carbocycles. The van der Waals surface area contributed by atoms with Crippen LogP contribution in [-0.2, 0) is 13.0 Å². The summed E-state index contributed by atoms with van der Waals surface area (Å²) in [5, 5.41) is 3.35. The standard InChI is InChI=1S/C16H18FN/c1-3-13-4-8-16(9-5-13)18-11-14-6-7-15(17)10-12(14)2/h4-10,18H,3,11H2,1-2H3. The minimum absolute atomic E-state index is 0.177. The average Bonchev–Trinajstić information content (AvgIpc) is 2.38. The van der Waals surface area contributed by atoms with E-state index in [1.54, 1.807) is 6.07 Å². The highest BCUT2D eigenvalue weighted by Gasteiger charge is 2.00. The second-order valence-electron chi connectivity index (χ2n) is 4.47. The van der Waals surface area contributed by atoms with Crippen LogP contribution in [0.5, 0.6) is 0 Å². The summed E-state index contributed by atoms with van der Waals surface area (Å²) < 4.78 is 13.0. The molecule has 0 fully saturated rings. The molecule has 1 N–H and O–H groups in total. The van der Waals surface area contributed by atoms with Crippen molar-refractivity contribution in [3.8, 4) is 0 Å². The van der Waals surface area contributed by atoms with Gasteiger partial charge < -0.3 is 5.32 Å². The van der Waals surface area contributed by atoms with Crippen LogP contribution in [0.2, 0.25) is 0 Å². The van der Waals surface area contributed by atoms with Crippen molar-refractivity contribution in [3.05, 3.63) is 65.0 Å². The van der Waals surface area contributed by atoms with Crippen molar-refractivity contribution in [1.29, 1.82) is 0 Å². The number of nitrogens with one attached hydrogen (secondary N) is 1. The van der Waals surface area contributed by atoms with E-state index in [2.05, 4.69) is 36.5 Å². The van der Waals surface area contributed by atoms with Gasteiger partial charge in [0, 0.05) is 12.2 Å². The van der Waals surface area contributed by atoms with Crippen molar-refractivity contribution in [1.82, 2.24) is 0 Å². The van der Waals surface area contributed by atoms with E-state index in [1.807, 2.05) is 13.0 Å². The van der Waals surface area contributed by atoms with Crippen molar-refractivity contribution in [2.45, 2.75) is 26.8 Å². The summed E-state index contributed by atoms with van der Waals surface area (Å²) >= 11 is 0. The van der Waals surface area contributed by atoms with Crippen LogP contribution in [0.4, 0.5) is 10.1 Å². The summed E-state index contributed by atoms with van der Waals surface area (Å²) in [5.41, 5.74) is 4.53. The van der Waals surface area contributed by atoms with E-state index < -0.39 is 0 Å². The molecular formula is C16H18FN. The van der Waals surface area contributed by atoms with Crippen LogP contribution in [0.3, 0.4) is 0 Å². The van der Waals surface area contributed by atoms with Crippen molar-refractivity contribution in [2.75, 3.05) is 5.32 Å². The van der Waals surface area contributed by atoms with Crippen LogP contribution >= 0.6 is 0 Å². The summed E-state index contributed by atoms with van der Waals surface area (Å²) in [6.45, 7) is 4.79. The largest absolute Gasteiger partial charge is 0.381 e. The van der Waals surface area contributed by atoms with Gasteiger partial charge in [-0.05, 0) is 54.3 Å². The molecule has 2 rings (SSSR count). The van der Waals surface area contributed by atoms with Gasteiger partial charge in [0.05, 0.1) is 0 Å². The van der Waals surface area contributed by atoms with E-state index in [4.69, 9.17) is 0 Å². The molecule has 0 bridgehead atoms. The predicted octanol–water partition coefficient (Wildman–Crippen LogP) is 4.31. The number of rotatable bonds is 4. The SMILES string of the molecule is CCc1ccc(NCc2ccc(F)cc2C)cc1. The molecule has 94 valence electrons. The zero-order valence-corrected chi connectivity index (χ0v) is 10.8. The van der Waals surface area contributed by atoms with Crippen LogP contribution in [0.15, 0.2) is 42.5 Å². The number of hydrogen-bond acceptors (Lipinski definition) is 1. The van der Waals surface area contributed by atoms with Crippen LogP contribution in [0, 0.1) is 12.7 Å². The third-order valence-electron chi connectivity index (χ3n) is 3.15. The fraction of sp³-hybridized carbons (Fsp3) is 0.250. The van der Waals surface area contributed by atoms with E-state index in [0.29, 0.717) is 0 Å². The molecule has 2 heteroatoms. The highest BCUT2D eigenvalue weighted by atomic mass is 19.1. The van der Waals surface area contributed by atoms with Gasteiger partial charge >= 0.3 is 0 Å². The third-order valence-corrected chi connectivity index (χ3v) is 3.15. The Hall–Kier alpha value is -1.83.